The quantitative estimate of drug-likeness (QED) is 0.768. The highest BCUT2D eigenvalue weighted by molar-refractivity contribution is 4.89. The van der Waals surface area contributed by atoms with Crippen LogP contribution in [0, 0.1) is 0 Å². The number of hydrogen-bond acceptors (Lipinski definition) is 3. The molecule has 0 spiro atoms. The number of likely N-dealkylation sites (tertiary alicyclic amines) is 1. The van der Waals surface area contributed by atoms with E-state index in [4.69, 9.17) is 5.73 Å². The second-order valence-electron chi connectivity index (χ2n) is 5.72. The van der Waals surface area contributed by atoms with E-state index in [0.717, 1.165) is 6.04 Å². The maximum absolute atomic E-state index is 6.26. The number of hydrogen-bond donors (Lipinski definition) is 1. The van der Waals surface area contributed by atoms with Crippen LogP contribution >= 0.6 is 0 Å². The minimum Gasteiger partial charge on any atom is -0.326 e. The van der Waals surface area contributed by atoms with Gasteiger partial charge in [0.1, 0.15) is 0 Å². The minimum atomic E-state index is 0.415. The van der Waals surface area contributed by atoms with Gasteiger partial charge in [0.25, 0.3) is 0 Å². The zero-order chi connectivity index (χ0) is 11.5. The van der Waals surface area contributed by atoms with E-state index in [0.29, 0.717) is 12.1 Å². The Labute approximate surface area is 100.0 Å². The second-order valence-corrected chi connectivity index (χ2v) is 5.72. The average molecular weight is 225 g/mol. The molecule has 1 saturated heterocycles. The lowest BCUT2D eigenvalue weighted by Gasteiger charge is -2.43. The van der Waals surface area contributed by atoms with Gasteiger partial charge in [-0.2, -0.15) is 0 Å². The number of rotatable bonds is 2. The zero-order valence-electron chi connectivity index (χ0n) is 10.9. The molecule has 0 aromatic carbocycles. The van der Waals surface area contributed by atoms with Gasteiger partial charge in [-0.1, -0.05) is 12.8 Å². The Morgan fingerprint density at radius 3 is 2.31 bits per heavy atom. The van der Waals surface area contributed by atoms with E-state index in [1.165, 1.54) is 51.6 Å². The van der Waals surface area contributed by atoms with Crippen LogP contribution in [0.1, 0.15) is 38.5 Å². The summed E-state index contributed by atoms with van der Waals surface area (Å²) in [5, 5.41) is 0. The van der Waals surface area contributed by atoms with Gasteiger partial charge >= 0.3 is 0 Å². The molecule has 1 saturated carbocycles. The third-order valence-electron chi connectivity index (χ3n) is 4.57. The van der Waals surface area contributed by atoms with Crippen molar-refractivity contribution < 1.29 is 0 Å². The Kier molecular flexibility index (Phi) is 4.22. The number of likely N-dealkylation sites (N-methyl/N-ethyl adjacent to an activating group) is 1. The smallest absolute Gasteiger partial charge is 0.0247 e. The van der Waals surface area contributed by atoms with Crippen LogP contribution in [-0.4, -0.2) is 55.1 Å². The summed E-state index contributed by atoms with van der Waals surface area (Å²) in [6, 6.07) is 1.82. The first-order valence-corrected chi connectivity index (χ1v) is 6.84. The van der Waals surface area contributed by atoms with Crippen molar-refractivity contribution in [1.29, 1.82) is 0 Å². The molecule has 3 heteroatoms. The lowest BCUT2D eigenvalue weighted by molar-refractivity contribution is 0.0781. The largest absolute Gasteiger partial charge is 0.326 e. The molecule has 2 atom stereocenters. The molecule has 3 nitrogen and oxygen atoms in total. The highest BCUT2D eigenvalue weighted by atomic mass is 15.2. The SMILES string of the molecule is CN1CCC(N(C)C2CCCCC2N)CC1. The van der Waals surface area contributed by atoms with Crippen LogP contribution in [-0.2, 0) is 0 Å². The van der Waals surface area contributed by atoms with E-state index >= 15 is 0 Å². The van der Waals surface area contributed by atoms with Crippen molar-refractivity contribution in [2.45, 2.75) is 56.7 Å². The third-order valence-corrected chi connectivity index (χ3v) is 4.57. The Hall–Kier alpha value is -0.120. The molecule has 0 bridgehead atoms. The predicted molar refractivity (Wildman–Crippen MR) is 68.5 cm³/mol. The van der Waals surface area contributed by atoms with Crippen molar-refractivity contribution in [2.75, 3.05) is 27.2 Å². The summed E-state index contributed by atoms with van der Waals surface area (Å²) in [6.45, 7) is 2.49. The molecule has 94 valence electrons. The Morgan fingerprint density at radius 1 is 1.06 bits per heavy atom. The van der Waals surface area contributed by atoms with Crippen molar-refractivity contribution in [3.8, 4) is 0 Å². The molecule has 1 aliphatic heterocycles. The van der Waals surface area contributed by atoms with Gasteiger partial charge in [0, 0.05) is 18.1 Å². The van der Waals surface area contributed by atoms with E-state index in [2.05, 4.69) is 23.9 Å². The van der Waals surface area contributed by atoms with Crippen LogP contribution in [0.3, 0.4) is 0 Å². The fraction of sp³-hybridized carbons (Fsp3) is 1.00. The maximum Gasteiger partial charge on any atom is 0.0247 e. The summed E-state index contributed by atoms with van der Waals surface area (Å²) >= 11 is 0. The van der Waals surface area contributed by atoms with Gasteiger partial charge in [-0.15, -0.1) is 0 Å². The summed E-state index contributed by atoms with van der Waals surface area (Å²) in [4.78, 5) is 5.03. The van der Waals surface area contributed by atoms with Gasteiger partial charge in [-0.25, -0.2) is 0 Å². The van der Waals surface area contributed by atoms with E-state index in [9.17, 15) is 0 Å². The molecule has 16 heavy (non-hydrogen) atoms. The van der Waals surface area contributed by atoms with Crippen molar-refractivity contribution in [2.24, 2.45) is 5.73 Å². The molecule has 2 unspecified atom stereocenters. The summed E-state index contributed by atoms with van der Waals surface area (Å²) in [5.41, 5.74) is 6.26. The molecule has 2 N–H and O–H groups in total. The normalized spacial score (nSPS) is 34.5. The Bertz CT molecular complexity index is 211. The van der Waals surface area contributed by atoms with E-state index in [1.54, 1.807) is 0 Å². The number of nitrogens with zero attached hydrogens (tertiary/aromatic N) is 2. The molecular weight excluding hydrogens is 198 g/mol. The Balaban J connectivity index is 1.88. The van der Waals surface area contributed by atoms with E-state index in [1.807, 2.05) is 0 Å². The van der Waals surface area contributed by atoms with Crippen LogP contribution in [0.2, 0.25) is 0 Å². The topological polar surface area (TPSA) is 32.5 Å². The highest BCUT2D eigenvalue weighted by Gasteiger charge is 2.30. The molecule has 1 aliphatic carbocycles. The second kappa shape index (κ2) is 5.48. The van der Waals surface area contributed by atoms with E-state index in [-0.39, 0.29) is 0 Å². The molecule has 0 aromatic heterocycles. The zero-order valence-corrected chi connectivity index (χ0v) is 10.9. The van der Waals surface area contributed by atoms with Crippen molar-refractivity contribution in [3.63, 3.8) is 0 Å². The van der Waals surface area contributed by atoms with Gasteiger partial charge in [-0.3, -0.25) is 4.90 Å². The monoisotopic (exact) mass is 225 g/mol. The molecule has 2 rings (SSSR count). The summed E-state index contributed by atoms with van der Waals surface area (Å²) in [6.07, 6.45) is 7.87. The van der Waals surface area contributed by atoms with Gasteiger partial charge < -0.3 is 10.6 Å². The van der Waals surface area contributed by atoms with Crippen LogP contribution in [0.4, 0.5) is 0 Å². The fourth-order valence-corrected chi connectivity index (χ4v) is 3.32. The number of nitrogens with two attached hydrogens (primary N) is 1. The number of piperidine rings is 1. The van der Waals surface area contributed by atoms with Crippen molar-refractivity contribution in [1.82, 2.24) is 9.80 Å². The van der Waals surface area contributed by atoms with Crippen LogP contribution < -0.4 is 5.73 Å². The summed E-state index contributed by atoms with van der Waals surface area (Å²) in [5.74, 6) is 0. The van der Waals surface area contributed by atoms with Gasteiger partial charge in [0.15, 0.2) is 0 Å². The first kappa shape index (κ1) is 12.3. The average Bonchev–Trinajstić information content (AvgIpc) is 2.30. The minimum absolute atomic E-state index is 0.415. The first-order chi connectivity index (χ1) is 7.68. The highest BCUT2D eigenvalue weighted by Crippen LogP contribution is 2.25. The Morgan fingerprint density at radius 2 is 1.69 bits per heavy atom. The summed E-state index contributed by atoms with van der Waals surface area (Å²) < 4.78 is 0. The molecule has 2 fully saturated rings. The third kappa shape index (κ3) is 2.76. The van der Waals surface area contributed by atoms with Crippen LogP contribution in [0.25, 0.3) is 0 Å². The van der Waals surface area contributed by atoms with Gasteiger partial charge in [0.2, 0.25) is 0 Å². The van der Waals surface area contributed by atoms with Crippen molar-refractivity contribution in [3.05, 3.63) is 0 Å². The van der Waals surface area contributed by atoms with Gasteiger partial charge in [0.05, 0.1) is 0 Å². The van der Waals surface area contributed by atoms with Crippen molar-refractivity contribution >= 4 is 0 Å². The predicted octanol–water partition coefficient (Wildman–Crippen LogP) is 1.28. The molecule has 2 aliphatic rings. The van der Waals surface area contributed by atoms with E-state index < -0.39 is 0 Å². The first-order valence-electron chi connectivity index (χ1n) is 6.84. The fourth-order valence-electron chi connectivity index (χ4n) is 3.32. The summed E-state index contributed by atoms with van der Waals surface area (Å²) in [7, 11) is 4.52. The maximum atomic E-state index is 6.26. The lowest BCUT2D eigenvalue weighted by atomic mass is 9.88. The molecule has 1 heterocycles. The lowest BCUT2D eigenvalue weighted by Crippen LogP contribution is -2.53. The van der Waals surface area contributed by atoms with Crippen LogP contribution in [0.15, 0.2) is 0 Å². The van der Waals surface area contributed by atoms with Crippen LogP contribution in [0.5, 0.6) is 0 Å². The molecular formula is C13H27N3. The standard InChI is InChI=1S/C13H27N3/c1-15-9-7-11(8-10-15)16(2)13-6-4-3-5-12(13)14/h11-13H,3-10,14H2,1-2H3. The molecule has 0 aromatic rings. The van der Waals surface area contributed by atoms with Gasteiger partial charge in [-0.05, 0) is 52.9 Å². The molecule has 0 amide bonds. The molecule has 0 radical (unpaired) electrons.